The van der Waals surface area contributed by atoms with Gasteiger partial charge in [-0.15, -0.1) is 0 Å². The van der Waals surface area contributed by atoms with Gasteiger partial charge >= 0.3 is 0 Å². The van der Waals surface area contributed by atoms with Crippen LogP contribution in [0.4, 0.5) is 5.69 Å². The molecule has 4 nitrogen and oxygen atoms in total. The number of carbonyl (C=O) groups is 2. The number of aliphatic hydroxyl groups is 1. The average Bonchev–Trinajstić information content (AvgIpc) is 3.01. The van der Waals surface area contributed by atoms with Crippen molar-refractivity contribution in [1.29, 1.82) is 0 Å². The molecule has 0 saturated carbocycles. The summed E-state index contributed by atoms with van der Waals surface area (Å²) in [5.41, 5.74) is 3.70. The van der Waals surface area contributed by atoms with Crippen molar-refractivity contribution < 1.29 is 14.7 Å². The molecule has 150 valence electrons. The molecule has 0 radical (unpaired) electrons. The first-order valence-electron chi connectivity index (χ1n) is 9.57. The third-order valence-corrected chi connectivity index (χ3v) is 5.73. The van der Waals surface area contributed by atoms with Gasteiger partial charge in [-0.2, -0.15) is 0 Å². The number of aryl methyl sites for hydroxylation is 2. The van der Waals surface area contributed by atoms with Crippen LogP contribution < -0.4 is 4.90 Å². The van der Waals surface area contributed by atoms with Gasteiger partial charge in [-0.05, 0) is 37.1 Å². The van der Waals surface area contributed by atoms with Crippen LogP contribution in [0.25, 0.3) is 5.76 Å². The molecule has 1 saturated heterocycles. The Morgan fingerprint density at radius 2 is 1.60 bits per heavy atom. The van der Waals surface area contributed by atoms with E-state index in [4.69, 9.17) is 11.6 Å². The smallest absolute Gasteiger partial charge is 0.300 e. The minimum absolute atomic E-state index is 0.0618. The van der Waals surface area contributed by atoms with E-state index in [1.165, 1.54) is 4.90 Å². The number of hydrogen-bond donors (Lipinski definition) is 1. The van der Waals surface area contributed by atoms with Gasteiger partial charge in [0.25, 0.3) is 11.7 Å². The molecule has 0 spiro atoms. The Hall–Kier alpha value is -3.37. The van der Waals surface area contributed by atoms with Crippen LogP contribution in [-0.4, -0.2) is 16.8 Å². The Morgan fingerprint density at radius 1 is 0.933 bits per heavy atom. The maximum Gasteiger partial charge on any atom is 0.300 e. The normalized spacial score (nSPS) is 18.1. The van der Waals surface area contributed by atoms with Crippen molar-refractivity contribution in [1.82, 2.24) is 0 Å². The van der Waals surface area contributed by atoms with Crippen LogP contribution >= 0.6 is 11.6 Å². The van der Waals surface area contributed by atoms with Gasteiger partial charge in [0.2, 0.25) is 0 Å². The van der Waals surface area contributed by atoms with Crippen LogP contribution in [0.15, 0.2) is 78.4 Å². The Labute approximate surface area is 180 Å². The second kappa shape index (κ2) is 7.81. The fraction of sp³-hybridized carbons (Fsp3) is 0.120. The molecular weight excluding hydrogens is 398 g/mol. The lowest BCUT2D eigenvalue weighted by Gasteiger charge is -2.26. The molecule has 5 heteroatoms. The summed E-state index contributed by atoms with van der Waals surface area (Å²) in [7, 11) is 0. The predicted octanol–water partition coefficient (Wildman–Crippen LogP) is 5.58. The first-order chi connectivity index (χ1) is 14.4. The van der Waals surface area contributed by atoms with Crippen LogP contribution in [0.5, 0.6) is 0 Å². The molecular formula is C25H20ClNO3. The second-order valence-electron chi connectivity index (χ2n) is 7.38. The molecule has 0 unspecified atom stereocenters. The maximum absolute atomic E-state index is 13.1. The average molecular weight is 418 g/mol. The van der Waals surface area contributed by atoms with Crippen molar-refractivity contribution in [2.75, 3.05) is 4.90 Å². The van der Waals surface area contributed by atoms with E-state index < -0.39 is 17.7 Å². The predicted molar refractivity (Wildman–Crippen MR) is 119 cm³/mol. The molecule has 1 fully saturated rings. The summed E-state index contributed by atoms with van der Waals surface area (Å²) < 4.78 is 0. The summed E-state index contributed by atoms with van der Waals surface area (Å²) in [5, 5.41) is 11.5. The van der Waals surface area contributed by atoms with E-state index in [9.17, 15) is 14.7 Å². The topological polar surface area (TPSA) is 57.6 Å². The fourth-order valence-electron chi connectivity index (χ4n) is 3.65. The van der Waals surface area contributed by atoms with E-state index in [0.717, 1.165) is 16.7 Å². The molecule has 4 rings (SSSR count). The lowest BCUT2D eigenvalue weighted by atomic mass is 9.94. The minimum Gasteiger partial charge on any atom is -0.507 e. The molecule has 30 heavy (non-hydrogen) atoms. The van der Waals surface area contributed by atoms with Crippen molar-refractivity contribution in [3.05, 3.63) is 106 Å². The standard InChI is InChI=1S/C25H20ClNO3/c1-15-8-11-17(12-9-15)22-21(23(28)18-6-4-3-5-7-18)24(29)25(30)27(22)19-13-10-16(2)20(26)14-19/h3-14,22,28H,1-2H3/b23-21+/t22-/m0/s1. The van der Waals surface area contributed by atoms with Gasteiger partial charge in [0.1, 0.15) is 5.76 Å². The highest BCUT2D eigenvalue weighted by molar-refractivity contribution is 6.51. The van der Waals surface area contributed by atoms with Gasteiger partial charge < -0.3 is 5.11 Å². The van der Waals surface area contributed by atoms with Gasteiger partial charge in [-0.1, -0.05) is 77.8 Å². The van der Waals surface area contributed by atoms with E-state index in [1.54, 1.807) is 42.5 Å². The zero-order valence-corrected chi connectivity index (χ0v) is 17.4. The molecule has 1 aliphatic rings. The number of Topliss-reactive ketones (excluding diaryl/α,β-unsaturated/α-hetero) is 1. The van der Waals surface area contributed by atoms with Gasteiger partial charge in [0.15, 0.2) is 0 Å². The van der Waals surface area contributed by atoms with E-state index in [1.807, 2.05) is 44.2 Å². The van der Waals surface area contributed by atoms with Crippen molar-refractivity contribution in [2.45, 2.75) is 19.9 Å². The second-order valence-corrected chi connectivity index (χ2v) is 7.79. The molecule has 0 aromatic heterocycles. The summed E-state index contributed by atoms with van der Waals surface area (Å²) in [6.07, 6.45) is 0. The van der Waals surface area contributed by atoms with Crippen molar-refractivity contribution in [3.63, 3.8) is 0 Å². The van der Waals surface area contributed by atoms with Crippen molar-refractivity contribution in [2.24, 2.45) is 0 Å². The highest BCUT2D eigenvalue weighted by Gasteiger charge is 2.47. The number of benzene rings is 3. The zero-order valence-electron chi connectivity index (χ0n) is 16.6. The van der Waals surface area contributed by atoms with Gasteiger partial charge in [0, 0.05) is 16.3 Å². The molecule has 1 atom stereocenters. The Morgan fingerprint density at radius 3 is 2.23 bits per heavy atom. The highest BCUT2D eigenvalue weighted by Crippen LogP contribution is 2.42. The summed E-state index contributed by atoms with van der Waals surface area (Å²) in [6, 6.07) is 20.8. The number of hydrogen-bond acceptors (Lipinski definition) is 3. The Bertz CT molecular complexity index is 1170. The number of carbonyl (C=O) groups excluding carboxylic acids is 2. The van der Waals surface area contributed by atoms with Crippen LogP contribution in [0.3, 0.4) is 0 Å². The van der Waals surface area contributed by atoms with Crippen molar-refractivity contribution >= 4 is 34.7 Å². The molecule has 1 N–H and O–H groups in total. The number of ketones is 1. The largest absolute Gasteiger partial charge is 0.507 e. The third kappa shape index (κ3) is 3.40. The minimum atomic E-state index is -0.760. The van der Waals surface area contributed by atoms with Crippen LogP contribution in [0.1, 0.15) is 28.3 Å². The van der Waals surface area contributed by atoms with Gasteiger partial charge in [0.05, 0.1) is 11.6 Å². The first kappa shape index (κ1) is 19.9. The maximum atomic E-state index is 13.1. The monoisotopic (exact) mass is 417 g/mol. The lowest BCUT2D eigenvalue weighted by molar-refractivity contribution is -0.132. The SMILES string of the molecule is Cc1ccc([C@H]2/C(=C(\O)c3ccccc3)C(=O)C(=O)N2c2ccc(C)c(Cl)c2)cc1. The molecule has 0 aliphatic carbocycles. The van der Waals surface area contributed by atoms with Crippen LogP contribution in [0.2, 0.25) is 5.02 Å². The number of amides is 1. The number of halogens is 1. The molecule has 1 amide bonds. The summed E-state index contributed by atoms with van der Waals surface area (Å²) in [4.78, 5) is 27.6. The van der Waals surface area contributed by atoms with Crippen LogP contribution in [-0.2, 0) is 9.59 Å². The van der Waals surface area contributed by atoms with Gasteiger partial charge in [-0.3, -0.25) is 14.5 Å². The summed E-state index contributed by atoms with van der Waals surface area (Å²) in [6.45, 7) is 3.83. The Kier molecular flexibility index (Phi) is 5.18. The number of rotatable bonds is 3. The number of aliphatic hydroxyl groups excluding tert-OH is 1. The molecule has 3 aromatic carbocycles. The van der Waals surface area contributed by atoms with Crippen molar-refractivity contribution in [3.8, 4) is 0 Å². The highest BCUT2D eigenvalue weighted by atomic mass is 35.5. The molecule has 1 heterocycles. The fourth-order valence-corrected chi connectivity index (χ4v) is 3.82. The lowest BCUT2D eigenvalue weighted by Crippen LogP contribution is -2.29. The quantitative estimate of drug-likeness (QED) is 0.343. The number of nitrogens with zero attached hydrogens (tertiary/aromatic N) is 1. The van der Waals surface area contributed by atoms with Gasteiger partial charge in [-0.25, -0.2) is 0 Å². The van der Waals surface area contributed by atoms with Crippen LogP contribution in [0, 0.1) is 13.8 Å². The Balaban J connectivity index is 1.95. The van der Waals surface area contributed by atoms with E-state index in [2.05, 4.69) is 0 Å². The van der Waals surface area contributed by atoms with E-state index in [0.29, 0.717) is 16.3 Å². The van der Waals surface area contributed by atoms with E-state index >= 15 is 0 Å². The summed E-state index contributed by atoms with van der Waals surface area (Å²) >= 11 is 6.30. The first-order valence-corrected chi connectivity index (χ1v) is 9.95. The summed E-state index contributed by atoms with van der Waals surface area (Å²) in [5.74, 6) is -1.61. The molecule has 1 aliphatic heterocycles. The van der Waals surface area contributed by atoms with E-state index in [-0.39, 0.29) is 11.3 Å². The number of anilines is 1. The third-order valence-electron chi connectivity index (χ3n) is 5.32. The molecule has 0 bridgehead atoms. The zero-order chi connectivity index (χ0) is 21.4. The molecule has 3 aromatic rings.